The molecule has 3 heteroatoms. The smallest absolute Gasteiger partial charge is 0.0499 e. The van der Waals surface area contributed by atoms with Crippen LogP contribution in [0.2, 0.25) is 5.02 Å². The standard InChI is InChI=1S/C15H21ClN2/c1-10(2)18-14(7-11(3)17-4)8-12-5-6-13(16)9-15(12)18/h5-6,8-11,17H,7H2,1-4H3. The van der Waals surface area contributed by atoms with Gasteiger partial charge in [0.1, 0.15) is 0 Å². The molecule has 18 heavy (non-hydrogen) atoms. The Morgan fingerprint density at radius 2 is 1.94 bits per heavy atom. The Bertz CT molecular complexity index is 543. The lowest BCUT2D eigenvalue weighted by molar-refractivity contribution is 0.545. The molecule has 0 aliphatic rings. The molecule has 0 amide bonds. The van der Waals surface area contributed by atoms with E-state index in [2.05, 4.69) is 48.9 Å². The topological polar surface area (TPSA) is 17.0 Å². The number of fused-ring (bicyclic) bond motifs is 1. The number of nitrogens with zero attached hydrogens (tertiary/aromatic N) is 1. The van der Waals surface area contributed by atoms with Gasteiger partial charge in [-0.2, -0.15) is 0 Å². The van der Waals surface area contributed by atoms with Gasteiger partial charge in [0.2, 0.25) is 0 Å². The fourth-order valence-corrected chi connectivity index (χ4v) is 2.60. The predicted molar refractivity (Wildman–Crippen MR) is 79.6 cm³/mol. The van der Waals surface area contributed by atoms with Crippen LogP contribution < -0.4 is 5.32 Å². The van der Waals surface area contributed by atoms with Gasteiger partial charge in [-0.3, -0.25) is 0 Å². The second kappa shape index (κ2) is 5.33. The van der Waals surface area contributed by atoms with E-state index in [1.54, 1.807) is 0 Å². The summed E-state index contributed by atoms with van der Waals surface area (Å²) < 4.78 is 2.38. The van der Waals surface area contributed by atoms with Gasteiger partial charge < -0.3 is 9.88 Å². The van der Waals surface area contributed by atoms with Gasteiger partial charge in [0.15, 0.2) is 0 Å². The fraction of sp³-hybridized carbons (Fsp3) is 0.467. The van der Waals surface area contributed by atoms with E-state index in [9.17, 15) is 0 Å². The number of hydrogen-bond acceptors (Lipinski definition) is 1. The molecule has 0 saturated heterocycles. The van der Waals surface area contributed by atoms with Crippen LogP contribution in [-0.2, 0) is 6.42 Å². The van der Waals surface area contributed by atoms with Crippen molar-refractivity contribution in [1.29, 1.82) is 0 Å². The molecule has 0 bridgehead atoms. The maximum atomic E-state index is 6.11. The van der Waals surface area contributed by atoms with E-state index in [0.29, 0.717) is 12.1 Å². The Morgan fingerprint density at radius 1 is 1.22 bits per heavy atom. The molecule has 1 aromatic carbocycles. The molecule has 2 nitrogen and oxygen atoms in total. The minimum absolute atomic E-state index is 0.444. The minimum Gasteiger partial charge on any atom is -0.342 e. The molecule has 1 aromatic heterocycles. The first-order valence-electron chi connectivity index (χ1n) is 6.49. The van der Waals surface area contributed by atoms with E-state index in [0.717, 1.165) is 11.4 Å². The first-order valence-corrected chi connectivity index (χ1v) is 6.87. The third-order valence-electron chi connectivity index (χ3n) is 3.41. The molecule has 0 saturated carbocycles. The summed E-state index contributed by atoms with van der Waals surface area (Å²) in [4.78, 5) is 0. The van der Waals surface area contributed by atoms with Crippen molar-refractivity contribution in [1.82, 2.24) is 9.88 Å². The van der Waals surface area contributed by atoms with Gasteiger partial charge in [-0.05, 0) is 51.4 Å². The number of aromatic nitrogens is 1. The quantitative estimate of drug-likeness (QED) is 0.882. The summed E-state index contributed by atoms with van der Waals surface area (Å²) in [7, 11) is 2.00. The molecule has 0 aliphatic carbocycles. The number of nitrogens with one attached hydrogen (secondary N) is 1. The van der Waals surface area contributed by atoms with Crippen molar-refractivity contribution in [2.45, 2.75) is 39.3 Å². The highest BCUT2D eigenvalue weighted by atomic mass is 35.5. The van der Waals surface area contributed by atoms with Gasteiger partial charge in [0.05, 0.1) is 0 Å². The fourth-order valence-electron chi connectivity index (χ4n) is 2.43. The first-order chi connectivity index (χ1) is 8.52. The molecule has 0 spiro atoms. The van der Waals surface area contributed by atoms with Gasteiger partial charge >= 0.3 is 0 Å². The van der Waals surface area contributed by atoms with Crippen molar-refractivity contribution in [2.24, 2.45) is 0 Å². The molecule has 0 radical (unpaired) electrons. The van der Waals surface area contributed by atoms with Crippen molar-refractivity contribution in [3.8, 4) is 0 Å². The Balaban J connectivity index is 2.55. The van der Waals surface area contributed by atoms with Gasteiger partial charge in [-0.25, -0.2) is 0 Å². The highest BCUT2D eigenvalue weighted by Crippen LogP contribution is 2.27. The number of halogens is 1. The molecular formula is C15H21ClN2. The number of benzene rings is 1. The summed E-state index contributed by atoms with van der Waals surface area (Å²) in [6.45, 7) is 6.64. The molecule has 2 aromatic rings. The van der Waals surface area contributed by atoms with E-state index < -0.39 is 0 Å². The van der Waals surface area contributed by atoms with Crippen molar-refractivity contribution in [2.75, 3.05) is 7.05 Å². The van der Waals surface area contributed by atoms with Crippen LogP contribution in [0.15, 0.2) is 24.3 Å². The van der Waals surface area contributed by atoms with E-state index in [1.165, 1.54) is 16.6 Å². The van der Waals surface area contributed by atoms with E-state index in [1.807, 2.05) is 13.1 Å². The zero-order valence-electron chi connectivity index (χ0n) is 11.5. The molecule has 1 atom stereocenters. The lowest BCUT2D eigenvalue weighted by atomic mass is 10.1. The van der Waals surface area contributed by atoms with E-state index in [4.69, 9.17) is 11.6 Å². The lowest BCUT2D eigenvalue weighted by Crippen LogP contribution is -2.25. The predicted octanol–water partition coefficient (Wildman–Crippen LogP) is 4.03. The molecule has 98 valence electrons. The third-order valence-corrected chi connectivity index (χ3v) is 3.64. The number of likely N-dealkylation sites (N-methyl/N-ethyl adjacent to an activating group) is 1. The van der Waals surface area contributed by atoms with Crippen LogP contribution in [0.3, 0.4) is 0 Å². The summed E-state index contributed by atoms with van der Waals surface area (Å²) >= 11 is 6.11. The summed E-state index contributed by atoms with van der Waals surface area (Å²) in [5, 5.41) is 5.37. The largest absolute Gasteiger partial charge is 0.342 e. The van der Waals surface area contributed by atoms with Crippen molar-refractivity contribution in [3.63, 3.8) is 0 Å². The second-order valence-corrected chi connectivity index (χ2v) is 5.63. The van der Waals surface area contributed by atoms with Crippen LogP contribution in [-0.4, -0.2) is 17.7 Å². The van der Waals surface area contributed by atoms with Crippen LogP contribution in [0.1, 0.15) is 32.5 Å². The van der Waals surface area contributed by atoms with Crippen molar-refractivity contribution < 1.29 is 0 Å². The average Bonchev–Trinajstić information content (AvgIpc) is 2.65. The van der Waals surface area contributed by atoms with Crippen LogP contribution >= 0.6 is 11.6 Å². The number of hydrogen-bond donors (Lipinski definition) is 1. The Labute approximate surface area is 114 Å². The molecule has 1 unspecified atom stereocenters. The van der Waals surface area contributed by atoms with Crippen molar-refractivity contribution in [3.05, 3.63) is 35.0 Å². The SMILES string of the molecule is CNC(C)Cc1cc2ccc(Cl)cc2n1C(C)C. The highest BCUT2D eigenvalue weighted by Gasteiger charge is 2.13. The maximum absolute atomic E-state index is 6.11. The summed E-state index contributed by atoms with van der Waals surface area (Å²) in [6, 6.07) is 9.32. The molecule has 2 rings (SSSR count). The van der Waals surface area contributed by atoms with Gasteiger partial charge in [0.25, 0.3) is 0 Å². The summed E-state index contributed by atoms with van der Waals surface area (Å²) in [5.74, 6) is 0. The lowest BCUT2D eigenvalue weighted by Gasteiger charge is -2.17. The van der Waals surface area contributed by atoms with Gasteiger partial charge in [0, 0.05) is 34.7 Å². The van der Waals surface area contributed by atoms with Crippen LogP contribution in [0.25, 0.3) is 10.9 Å². The maximum Gasteiger partial charge on any atom is 0.0499 e. The van der Waals surface area contributed by atoms with E-state index >= 15 is 0 Å². The second-order valence-electron chi connectivity index (χ2n) is 5.20. The first kappa shape index (κ1) is 13.4. The van der Waals surface area contributed by atoms with Gasteiger partial charge in [-0.1, -0.05) is 17.7 Å². The Morgan fingerprint density at radius 3 is 2.56 bits per heavy atom. The van der Waals surface area contributed by atoms with E-state index in [-0.39, 0.29) is 0 Å². The zero-order valence-corrected chi connectivity index (χ0v) is 12.3. The Hall–Kier alpha value is -0.990. The minimum atomic E-state index is 0.444. The summed E-state index contributed by atoms with van der Waals surface area (Å²) in [6.07, 6.45) is 1.03. The molecule has 0 fully saturated rings. The highest BCUT2D eigenvalue weighted by molar-refractivity contribution is 6.31. The molecule has 1 N–H and O–H groups in total. The zero-order chi connectivity index (χ0) is 13.3. The average molecular weight is 265 g/mol. The van der Waals surface area contributed by atoms with Crippen LogP contribution in [0.5, 0.6) is 0 Å². The van der Waals surface area contributed by atoms with Crippen molar-refractivity contribution >= 4 is 22.5 Å². The van der Waals surface area contributed by atoms with Crippen LogP contribution in [0, 0.1) is 0 Å². The number of rotatable bonds is 4. The molecule has 1 heterocycles. The summed E-state index contributed by atoms with van der Waals surface area (Å²) in [5.41, 5.74) is 2.60. The molecular weight excluding hydrogens is 244 g/mol. The van der Waals surface area contributed by atoms with Gasteiger partial charge in [-0.15, -0.1) is 0 Å². The normalized spacial score (nSPS) is 13.4. The van der Waals surface area contributed by atoms with Crippen LogP contribution in [0.4, 0.5) is 0 Å². The molecule has 0 aliphatic heterocycles. The monoisotopic (exact) mass is 264 g/mol. The Kier molecular flexibility index (Phi) is 3.98. The third kappa shape index (κ3) is 2.55.